The molecule has 0 aliphatic heterocycles. The molecule has 4 nitrogen and oxygen atoms in total. The number of aromatic nitrogens is 1. The molecular weight excluding hydrogens is 252 g/mol. The smallest absolute Gasteiger partial charge is 0.228 e. The first-order valence-corrected chi connectivity index (χ1v) is 6.92. The summed E-state index contributed by atoms with van der Waals surface area (Å²) in [6, 6.07) is 10.2. The SMILES string of the molecule is Cc1oc(-c2ccccc2)nc1CC(=O)N(C)C1CC1. The highest BCUT2D eigenvalue weighted by atomic mass is 16.4. The number of benzene rings is 1. The highest BCUT2D eigenvalue weighted by Gasteiger charge is 2.30. The third-order valence-electron chi connectivity index (χ3n) is 3.72. The second-order valence-electron chi connectivity index (χ2n) is 5.30. The Bertz CT molecular complexity index is 615. The summed E-state index contributed by atoms with van der Waals surface area (Å²) >= 11 is 0. The number of oxazole rings is 1. The van der Waals surface area contributed by atoms with E-state index in [0.717, 1.165) is 29.9 Å². The lowest BCUT2D eigenvalue weighted by molar-refractivity contribution is -0.129. The number of carbonyl (C=O) groups is 1. The maximum atomic E-state index is 12.1. The Morgan fingerprint density at radius 3 is 2.70 bits per heavy atom. The maximum Gasteiger partial charge on any atom is 0.228 e. The van der Waals surface area contributed by atoms with Crippen molar-refractivity contribution in [1.29, 1.82) is 0 Å². The molecule has 0 bridgehead atoms. The van der Waals surface area contributed by atoms with Gasteiger partial charge in [-0.05, 0) is 31.9 Å². The van der Waals surface area contributed by atoms with Gasteiger partial charge in [0.2, 0.25) is 11.8 Å². The molecule has 1 amide bonds. The molecule has 1 aliphatic carbocycles. The normalized spacial score (nSPS) is 14.3. The van der Waals surface area contributed by atoms with Crippen molar-refractivity contribution in [1.82, 2.24) is 9.88 Å². The van der Waals surface area contributed by atoms with E-state index >= 15 is 0 Å². The monoisotopic (exact) mass is 270 g/mol. The Kier molecular flexibility index (Phi) is 3.30. The van der Waals surface area contributed by atoms with Crippen LogP contribution in [0.25, 0.3) is 11.5 Å². The lowest BCUT2D eigenvalue weighted by Gasteiger charge is -2.15. The van der Waals surface area contributed by atoms with Gasteiger partial charge in [-0.25, -0.2) is 4.98 Å². The molecule has 3 rings (SSSR count). The van der Waals surface area contributed by atoms with Gasteiger partial charge in [-0.1, -0.05) is 18.2 Å². The molecule has 0 atom stereocenters. The van der Waals surface area contributed by atoms with Crippen LogP contribution in [0.5, 0.6) is 0 Å². The summed E-state index contributed by atoms with van der Waals surface area (Å²) in [5.41, 5.74) is 1.67. The highest BCUT2D eigenvalue weighted by Crippen LogP contribution is 2.27. The maximum absolute atomic E-state index is 12.1. The lowest BCUT2D eigenvalue weighted by Crippen LogP contribution is -2.30. The van der Waals surface area contributed by atoms with Gasteiger partial charge in [0, 0.05) is 18.7 Å². The number of carbonyl (C=O) groups excluding carboxylic acids is 1. The second kappa shape index (κ2) is 5.12. The van der Waals surface area contributed by atoms with E-state index in [-0.39, 0.29) is 5.91 Å². The van der Waals surface area contributed by atoms with Crippen molar-refractivity contribution >= 4 is 5.91 Å². The molecule has 1 aliphatic rings. The van der Waals surface area contributed by atoms with Crippen LogP contribution in [0.1, 0.15) is 24.3 Å². The summed E-state index contributed by atoms with van der Waals surface area (Å²) < 4.78 is 5.68. The van der Waals surface area contributed by atoms with Gasteiger partial charge >= 0.3 is 0 Å². The summed E-state index contributed by atoms with van der Waals surface area (Å²) in [5, 5.41) is 0. The number of hydrogen-bond acceptors (Lipinski definition) is 3. The molecule has 0 spiro atoms. The van der Waals surface area contributed by atoms with E-state index in [1.54, 1.807) is 0 Å². The largest absolute Gasteiger partial charge is 0.441 e. The first-order valence-electron chi connectivity index (χ1n) is 6.92. The van der Waals surface area contributed by atoms with Crippen LogP contribution in [-0.2, 0) is 11.2 Å². The van der Waals surface area contributed by atoms with Crippen molar-refractivity contribution in [3.8, 4) is 11.5 Å². The van der Waals surface area contributed by atoms with Gasteiger partial charge in [-0.3, -0.25) is 4.79 Å². The zero-order chi connectivity index (χ0) is 14.1. The van der Waals surface area contributed by atoms with E-state index < -0.39 is 0 Å². The molecule has 1 aromatic carbocycles. The zero-order valence-corrected chi connectivity index (χ0v) is 11.8. The molecule has 0 radical (unpaired) electrons. The van der Waals surface area contributed by atoms with E-state index in [1.165, 1.54) is 0 Å². The number of aryl methyl sites for hydroxylation is 1. The van der Waals surface area contributed by atoms with Crippen LogP contribution in [-0.4, -0.2) is 28.9 Å². The molecule has 1 fully saturated rings. The van der Waals surface area contributed by atoms with Gasteiger partial charge in [0.05, 0.1) is 12.1 Å². The van der Waals surface area contributed by atoms with Gasteiger partial charge in [0.15, 0.2) is 0 Å². The third-order valence-corrected chi connectivity index (χ3v) is 3.72. The molecule has 2 aromatic rings. The minimum absolute atomic E-state index is 0.114. The molecule has 0 unspecified atom stereocenters. The van der Waals surface area contributed by atoms with Crippen molar-refractivity contribution in [2.75, 3.05) is 7.05 Å². The summed E-state index contributed by atoms with van der Waals surface area (Å²) in [5.74, 6) is 1.42. The average molecular weight is 270 g/mol. The third kappa shape index (κ3) is 2.59. The van der Waals surface area contributed by atoms with Crippen LogP contribution >= 0.6 is 0 Å². The molecule has 0 saturated heterocycles. The van der Waals surface area contributed by atoms with Gasteiger partial charge in [0.1, 0.15) is 5.76 Å². The number of nitrogens with zero attached hydrogens (tertiary/aromatic N) is 2. The van der Waals surface area contributed by atoms with Crippen LogP contribution in [0.3, 0.4) is 0 Å². The van der Waals surface area contributed by atoms with Crippen molar-refractivity contribution in [2.45, 2.75) is 32.2 Å². The lowest BCUT2D eigenvalue weighted by atomic mass is 10.2. The van der Waals surface area contributed by atoms with Crippen LogP contribution in [0, 0.1) is 6.92 Å². The predicted molar refractivity (Wildman–Crippen MR) is 76.2 cm³/mol. The van der Waals surface area contributed by atoms with Gasteiger partial charge in [-0.15, -0.1) is 0 Å². The van der Waals surface area contributed by atoms with E-state index in [9.17, 15) is 4.79 Å². The number of rotatable bonds is 4. The topological polar surface area (TPSA) is 46.3 Å². The number of likely N-dealkylation sites (N-methyl/N-ethyl adjacent to an activating group) is 1. The van der Waals surface area contributed by atoms with Crippen molar-refractivity contribution in [3.05, 3.63) is 41.8 Å². The van der Waals surface area contributed by atoms with Crippen molar-refractivity contribution < 1.29 is 9.21 Å². The van der Waals surface area contributed by atoms with Crippen LogP contribution in [0.4, 0.5) is 0 Å². The highest BCUT2D eigenvalue weighted by molar-refractivity contribution is 5.79. The van der Waals surface area contributed by atoms with Gasteiger partial charge in [-0.2, -0.15) is 0 Å². The molecule has 4 heteroatoms. The fourth-order valence-corrected chi connectivity index (χ4v) is 2.23. The minimum Gasteiger partial charge on any atom is -0.441 e. The standard InChI is InChI=1S/C16H18N2O2/c1-11-14(10-15(19)18(2)13-8-9-13)17-16(20-11)12-6-4-3-5-7-12/h3-7,13H,8-10H2,1-2H3. The summed E-state index contributed by atoms with van der Waals surface area (Å²) in [4.78, 5) is 18.4. The Balaban J connectivity index is 1.77. The quantitative estimate of drug-likeness (QED) is 0.858. The molecule has 1 saturated carbocycles. The van der Waals surface area contributed by atoms with Gasteiger partial charge in [0.25, 0.3) is 0 Å². The van der Waals surface area contributed by atoms with E-state index in [4.69, 9.17) is 4.42 Å². The molecule has 20 heavy (non-hydrogen) atoms. The van der Waals surface area contributed by atoms with E-state index in [0.29, 0.717) is 18.4 Å². The average Bonchev–Trinajstić information content (AvgIpc) is 3.24. The predicted octanol–water partition coefficient (Wildman–Crippen LogP) is 2.81. The Morgan fingerprint density at radius 1 is 1.35 bits per heavy atom. The van der Waals surface area contributed by atoms with Gasteiger partial charge < -0.3 is 9.32 Å². The fourth-order valence-electron chi connectivity index (χ4n) is 2.23. The molecule has 1 heterocycles. The van der Waals surface area contributed by atoms with Crippen LogP contribution < -0.4 is 0 Å². The second-order valence-corrected chi connectivity index (χ2v) is 5.30. The first kappa shape index (κ1) is 12.9. The van der Waals surface area contributed by atoms with Crippen molar-refractivity contribution in [3.63, 3.8) is 0 Å². The van der Waals surface area contributed by atoms with E-state index in [2.05, 4.69) is 4.98 Å². The molecule has 1 aromatic heterocycles. The van der Waals surface area contributed by atoms with E-state index in [1.807, 2.05) is 49.2 Å². The summed E-state index contributed by atoms with van der Waals surface area (Å²) in [6.07, 6.45) is 2.56. The first-order chi connectivity index (χ1) is 9.65. The van der Waals surface area contributed by atoms with Crippen LogP contribution in [0.15, 0.2) is 34.7 Å². The number of hydrogen-bond donors (Lipinski definition) is 0. The minimum atomic E-state index is 0.114. The molecular formula is C16H18N2O2. The Labute approximate surface area is 118 Å². The fraction of sp³-hybridized carbons (Fsp3) is 0.375. The van der Waals surface area contributed by atoms with Crippen LogP contribution in [0.2, 0.25) is 0 Å². The zero-order valence-electron chi connectivity index (χ0n) is 11.8. The Hall–Kier alpha value is -2.10. The van der Waals surface area contributed by atoms with Crippen molar-refractivity contribution in [2.24, 2.45) is 0 Å². The molecule has 0 N–H and O–H groups in total. The molecule has 104 valence electrons. The number of amides is 1. The summed E-state index contributed by atoms with van der Waals surface area (Å²) in [6.45, 7) is 1.86. The Morgan fingerprint density at radius 2 is 2.05 bits per heavy atom. The summed E-state index contributed by atoms with van der Waals surface area (Å²) in [7, 11) is 1.87.